The zero-order valence-electron chi connectivity index (χ0n) is 10.9. The van der Waals surface area contributed by atoms with Crippen molar-refractivity contribution < 1.29 is 16.6 Å². The van der Waals surface area contributed by atoms with Crippen LogP contribution in [0.25, 0.3) is 0 Å². The molecule has 0 bridgehead atoms. The van der Waals surface area contributed by atoms with E-state index >= 15 is 0 Å². The van der Waals surface area contributed by atoms with Crippen LogP contribution in [0.2, 0.25) is 19.4 Å². The molecule has 0 N–H and O–H groups in total. The van der Waals surface area contributed by atoms with Gasteiger partial charge in [0.2, 0.25) is 0 Å². The van der Waals surface area contributed by atoms with Gasteiger partial charge in [-0.2, -0.15) is 0 Å². The molecule has 1 atom stereocenters. The third-order valence-electron chi connectivity index (χ3n) is 4.79. The first kappa shape index (κ1) is 11.7. The maximum absolute atomic E-state index is 2.57. The van der Waals surface area contributed by atoms with Crippen molar-refractivity contribution in [1.29, 1.82) is 0 Å². The monoisotopic (exact) mass is 240 g/mol. The van der Waals surface area contributed by atoms with Gasteiger partial charge in [-0.25, -0.2) is 0 Å². The molecule has 0 spiro atoms. The van der Waals surface area contributed by atoms with Gasteiger partial charge in [0.25, 0.3) is 0 Å². The minimum atomic E-state index is -1.67. The number of rotatable bonds is 1. The third kappa shape index (κ3) is 1.61. The van der Waals surface area contributed by atoms with Crippen LogP contribution >= 0.6 is 0 Å². The molecule has 0 amide bonds. The molecule has 0 aromatic rings. The van der Waals surface area contributed by atoms with Crippen LogP contribution in [0.3, 0.4) is 0 Å². The minimum absolute atomic E-state index is 0.510. The van der Waals surface area contributed by atoms with Crippen molar-refractivity contribution in [2.75, 3.05) is 0 Å². The van der Waals surface area contributed by atoms with E-state index in [2.05, 4.69) is 35.6 Å². The molecule has 0 saturated heterocycles. The van der Waals surface area contributed by atoms with Gasteiger partial charge in [0.1, 0.15) is 0 Å². The summed E-state index contributed by atoms with van der Waals surface area (Å²) in [6.45, 7) is 4.90. The van der Waals surface area contributed by atoms with E-state index in [1.54, 1.807) is 11.1 Å². The molecule has 0 aromatic heterocycles. The van der Waals surface area contributed by atoms with Crippen molar-refractivity contribution in [1.82, 2.24) is 0 Å². The first-order valence-corrected chi connectivity index (χ1v) is 11.7. The average molecular weight is 240 g/mol. The van der Waals surface area contributed by atoms with E-state index in [0.29, 0.717) is 3.72 Å². The van der Waals surface area contributed by atoms with Gasteiger partial charge in [-0.1, -0.05) is 0 Å². The van der Waals surface area contributed by atoms with Gasteiger partial charge in [0, 0.05) is 0 Å². The topological polar surface area (TPSA) is 0 Å². The van der Waals surface area contributed by atoms with Gasteiger partial charge < -0.3 is 0 Å². The first-order valence-electron chi connectivity index (χ1n) is 6.28. The fourth-order valence-corrected chi connectivity index (χ4v) is 7.17. The molecule has 0 radical (unpaired) electrons. The normalized spacial score (nSPS) is 31.7. The molecule has 0 aliphatic heterocycles. The third-order valence-corrected chi connectivity index (χ3v) is 10.6. The summed E-state index contributed by atoms with van der Waals surface area (Å²) in [6, 6.07) is 0. The van der Waals surface area contributed by atoms with E-state index in [9.17, 15) is 0 Å². The van der Waals surface area contributed by atoms with Crippen molar-refractivity contribution in [3.05, 3.63) is 22.8 Å². The van der Waals surface area contributed by atoms with Crippen LogP contribution < -0.4 is 0 Å². The summed E-state index contributed by atoms with van der Waals surface area (Å²) in [4.78, 5) is 0. The maximum atomic E-state index is 2.57. The predicted octanol–water partition coefficient (Wildman–Crippen LogP) is 5.29. The molecule has 0 aromatic carbocycles. The molecule has 0 fully saturated rings. The molecule has 15 heavy (non-hydrogen) atoms. The zero-order chi connectivity index (χ0) is 11.3. The summed E-state index contributed by atoms with van der Waals surface area (Å²) < 4.78 is 0.510. The Kier molecular flexibility index (Phi) is 2.80. The van der Waals surface area contributed by atoms with Crippen molar-refractivity contribution >= 4 is 0 Å². The molecular weight excluding hydrogens is 216 g/mol. The summed E-state index contributed by atoms with van der Waals surface area (Å²) in [7, 11) is 0. The van der Waals surface area contributed by atoms with Crippen LogP contribution in [0, 0.1) is 0 Å². The summed E-state index contributed by atoms with van der Waals surface area (Å²) in [6.07, 6.45) is 8.08. The number of allylic oxidation sites excluding steroid dienone is 4. The van der Waals surface area contributed by atoms with Crippen molar-refractivity contribution in [2.24, 2.45) is 0 Å². The Labute approximate surface area is 98.2 Å². The standard InChI is InChI=1S/C11H15.3CH3.Ti/c1-8-7-10-5-3-4-6-11(10)9(8)2;;;;/h7H,3-6H2,1-2H3;3*1H3;. The van der Waals surface area contributed by atoms with Crippen LogP contribution in [-0.4, -0.2) is 0 Å². The molecule has 0 heterocycles. The molecule has 2 aliphatic rings. The molecule has 0 saturated carbocycles. The number of hydrogen-bond acceptors (Lipinski definition) is 0. The number of hydrogen-bond donors (Lipinski definition) is 0. The quantitative estimate of drug-likeness (QED) is 0.546. The van der Waals surface area contributed by atoms with E-state index in [-0.39, 0.29) is 0 Å². The zero-order valence-corrected chi connectivity index (χ0v) is 12.5. The van der Waals surface area contributed by atoms with Crippen LogP contribution in [0.4, 0.5) is 0 Å². The summed E-state index contributed by atoms with van der Waals surface area (Å²) in [5.41, 5.74) is 5.21. The van der Waals surface area contributed by atoms with Crippen molar-refractivity contribution in [3.63, 3.8) is 0 Å². The Morgan fingerprint density at radius 3 is 2.33 bits per heavy atom. The first-order chi connectivity index (χ1) is 6.87. The Bertz CT molecular complexity index is 341. The second-order valence-electron chi connectivity index (χ2n) is 6.41. The van der Waals surface area contributed by atoms with Gasteiger partial charge >= 0.3 is 98.3 Å². The summed E-state index contributed by atoms with van der Waals surface area (Å²) >= 11 is -1.67. The van der Waals surface area contributed by atoms with Gasteiger partial charge in [0.05, 0.1) is 0 Å². The van der Waals surface area contributed by atoms with E-state index < -0.39 is 16.6 Å². The molecule has 2 rings (SSSR count). The Morgan fingerprint density at radius 1 is 1.13 bits per heavy atom. The molecule has 84 valence electrons. The summed E-state index contributed by atoms with van der Waals surface area (Å²) in [5.74, 6) is 0. The molecular formula is C14H24Ti. The Morgan fingerprint density at radius 2 is 1.73 bits per heavy atom. The van der Waals surface area contributed by atoms with E-state index in [0.717, 1.165) is 0 Å². The van der Waals surface area contributed by atoms with Gasteiger partial charge in [-0.3, -0.25) is 0 Å². The second-order valence-corrected chi connectivity index (χ2v) is 15.0. The predicted molar refractivity (Wildman–Crippen MR) is 65.2 cm³/mol. The second kappa shape index (κ2) is 3.60. The molecule has 1 heteroatoms. The Balaban J connectivity index is 2.49. The van der Waals surface area contributed by atoms with Crippen LogP contribution in [0.5, 0.6) is 0 Å². The van der Waals surface area contributed by atoms with Gasteiger partial charge in [0.15, 0.2) is 0 Å². The van der Waals surface area contributed by atoms with E-state index in [1.165, 1.54) is 25.7 Å². The molecule has 2 aliphatic carbocycles. The molecule has 1 unspecified atom stereocenters. The fraction of sp³-hybridized carbons (Fsp3) is 0.714. The SMILES string of the molecule is CC1=CC2=C(CCCC2)[C]1(C)[Ti]([CH3])([CH3])[CH3]. The fourth-order valence-electron chi connectivity index (χ4n) is 3.35. The van der Waals surface area contributed by atoms with Gasteiger partial charge in [-0.15, -0.1) is 0 Å². The van der Waals surface area contributed by atoms with Gasteiger partial charge in [-0.05, 0) is 0 Å². The average Bonchev–Trinajstić information content (AvgIpc) is 2.40. The van der Waals surface area contributed by atoms with Crippen LogP contribution in [0.15, 0.2) is 22.8 Å². The molecule has 0 nitrogen and oxygen atoms in total. The van der Waals surface area contributed by atoms with Crippen molar-refractivity contribution in [2.45, 2.75) is 58.9 Å². The van der Waals surface area contributed by atoms with Crippen LogP contribution in [0.1, 0.15) is 39.5 Å². The Hall–Kier alpha value is 0.194. The van der Waals surface area contributed by atoms with E-state index in [1.807, 2.05) is 5.57 Å². The van der Waals surface area contributed by atoms with Crippen molar-refractivity contribution in [3.8, 4) is 0 Å². The summed E-state index contributed by atoms with van der Waals surface area (Å²) in [5, 5.41) is 7.71. The van der Waals surface area contributed by atoms with E-state index in [4.69, 9.17) is 0 Å². The van der Waals surface area contributed by atoms with Crippen LogP contribution in [-0.2, 0) is 16.6 Å².